The van der Waals surface area contributed by atoms with Crippen LogP contribution < -0.4 is 18.9 Å². The molecule has 0 fully saturated rings. The number of aryl methyl sites for hydroxylation is 2. The van der Waals surface area contributed by atoms with Crippen molar-refractivity contribution < 1.29 is 77.5 Å². The molecule has 0 amide bonds. The molecule has 22 heteroatoms. The minimum atomic E-state index is -4.27. The van der Waals surface area contributed by atoms with Gasteiger partial charge in [0.1, 0.15) is 40.0 Å². The Labute approximate surface area is 231 Å². The number of aromatic nitrogens is 4. The van der Waals surface area contributed by atoms with Crippen molar-refractivity contribution in [1.82, 2.24) is 9.97 Å². The predicted molar refractivity (Wildman–Crippen MR) is 140 cm³/mol. The lowest BCUT2D eigenvalue weighted by Crippen LogP contribution is -2.33. The summed E-state index contributed by atoms with van der Waals surface area (Å²) in [6.45, 7) is 2.18. The smallest absolute Gasteiger partial charge is 0.325 e. The molecule has 0 saturated carbocycles. The first-order valence-corrected chi connectivity index (χ1v) is 18.7. The standard InChI is InChI=1S/C10H14N4.2C4H12O6P2.2H2O/c1(5-13-7-3-11-9-13)2-6-14-8-4-12-10-14;2*5-11(6,7)3-1-2-4-12(8,9)10;;/h3-4,7-10H,1-2,5-6H2;2*1-4H2,(H2,5,6,7)(H2,8,9,10);2*1H2. The van der Waals surface area contributed by atoms with Gasteiger partial charge in [0.05, 0.1) is 13.1 Å². The predicted octanol–water partition coefficient (Wildman–Crippen LogP) is -2.27. The van der Waals surface area contributed by atoms with Crippen LogP contribution in [0.1, 0.15) is 38.5 Å². The average molecular weight is 662 g/mol. The molecular formula is C18H42N4O14P4. The molecule has 2 aromatic heterocycles. The highest BCUT2D eigenvalue weighted by Crippen LogP contribution is 2.39. The van der Waals surface area contributed by atoms with Crippen molar-refractivity contribution in [3.63, 3.8) is 0 Å². The van der Waals surface area contributed by atoms with E-state index in [1.54, 1.807) is 0 Å². The summed E-state index contributed by atoms with van der Waals surface area (Å²) in [5.41, 5.74) is 0. The third-order valence-electron chi connectivity index (χ3n) is 4.57. The third kappa shape index (κ3) is 33.1. The molecule has 0 aliphatic rings. The van der Waals surface area contributed by atoms with Crippen molar-refractivity contribution in [2.24, 2.45) is 0 Å². The zero-order chi connectivity index (χ0) is 29.3. The highest BCUT2D eigenvalue weighted by atomic mass is 31.2. The summed E-state index contributed by atoms with van der Waals surface area (Å²) < 4.78 is 45.1. The number of hydrogen-bond donors (Lipinski definition) is 8. The van der Waals surface area contributed by atoms with Gasteiger partial charge in [-0.05, 0) is 38.5 Å². The summed E-state index contributed by atoms with van der Waals surface area (Å²) in [7, 11) is -16.5. The number of H-pyrrole nitrogens is 2. The van der Waals surface area contributed by atoms with E-state index in [4.69, 9.17) is 29.4 Å². The second-order valence-corrected chi connectivity index (χ2v) is 15.3. The summed E-state index contributed by atoms with van der Waals surface area (Å²) in [5.74, 6) is 0. The number of nitrogens with zero attached hydrogens (tertiary/aromatic N) is 2. The molecule has 0 spiro atoms. The van der Waals surface area contributed by atoms with Crippen LogP contribution in [0.4, 0.5) is 0 Å². The van der Waals surface area contributed by atoms with E-state index in [1.807, 2.05) is 25.0 Å². The van der Waals surface area contributed by atoms with Gasteiger partial charge in [0.2, 0.25) is 12.7 Å². The highest BCUT2D eigenvalue weighted by Gasteiger charge is 2.15. The van der Waals surface area contributed by atoms with Gasteiger partial charge in [-0.15, -0.1) is 0 Å². The van der Waals surface area contributed by atoms with Crippen molar-refractivity contribution in [2.75, 3.05) is 24.6 Å². The number of nitrogens with one attached hydrogen (secondary N) is 2. The van der Waals surface area contributed by atoms with E-state index in [-0.39, 0.29) is 49.0 Å². The Hall–Kier alpha value is -1.06. The van der Waals surface area contributed by atoms with E-state index in [9.17, 15) is 28.0 Å². The average Bonchev–Trinajstić information content (AvgIpc) is 3.44. The van der Waals surface area contributed by atoms with Gasteiger partial charge in [-0.1, -0.05) is 0 Å². The summed E-state index contributed by atoms with van der Waals surface area (Å²) >= 11 is 0. The quantitative estimate of drug-likeness (QED) is 0.0568. The molecule has 0 aromatic carbocycles. The molecule has 238 valence electrons. The second-order valence-electron chi connectivity index (χ2n) is 8.32. The molecule has 18 nitrogen and oxygen atoms in total. The van der Waals surface area contributed by atoms with Crippen molar-refractivity contribution >= 4 is 30.4 Å². The van der Waals surface area contributed by atoms with Crippen LogP contribution in [-0.2, 0) is 31.3 Å². The summed E-state index contributed by atoms with van der Waals surface area (Å²) in [6.07, 6.45) is 13.2. The molecule has 0 aliphatic heterocycles. The Bertz CT molecular complexity index is 915. The molecule has 0 bridgehead atoms. The van der Waals surface area contributed by atoms with Crippen LogP contribution in [0, 0.1) is 0 Å². The maximum atomic E-state index is 10.3. The van der Waals surface area contributed by atoms with E-state index < -0.39 is 42.7 Å². The zero-order valence-electron chi connectivity index (χ0n) is 21.8. The summed E-state index contributed by atoms with van der Waals surface area (Å²) in [5, 5.41) is 0. The van der Waals surface area contributed by atoms with Gasteiger partial charge in [-0.3, -0.25) is 19.1 Å². The molecule has 2 aromatic rings. The van der Waals surface area contributed by atoms with E-state index in [2.05, 4.69) is 31.5 Å². The van der Waals surface area contributed by atoms with Crippen LogP contribution in [0.25, 0.3) is 0 Å². The lowest BCUT2D eigenvalue weighted by atomic mass is 10.3. The van der Waals surface area contributed by atoms with Crippen molar-refractivity contribution in [2.45, 2.75) is 51.6 Å². The normalized spacial score (nSPS) is 14.1. The van der Waals surface area contributed by atoms with E-state index in [0.29, 0.717) is 0 Å². The van der Waals surface area contributed by atoms with Gasteiger partial charge in [-0.2, -0.15) is 0 Å². The van der Waals surface area contributed by atoms with Gasteiger partial charge in [0.25, 0.3) is 0 Å². The lowest BCUT2D eigenvalue weighted by Gasteiger charge is -2.17. The monoisotopic (exact) mass is 662 g/mol. The van der Waals surface area contributed by atoms with Gasteiger partial charge in [-0.25, -0.2) is 9.13 Å². The van der Waals surface area contributed by atoms with E-state index in [1.165, 1.54) is 12.8 Å². The molecule has 2 heterocycles. The second kappa shape index (κ2) is 21.6. The van der Waals surface area contributed by atoms with Gasteiger partial charge < -0.3 is 59.2 Å². The van der Waals surface area contributed by atoms with Gasteiger partial charge in [0.15, 0.2) is 0 Å². The Balaban J connectivity index is -0.000000504. The number of rotatable bonds is 15. The Morgan fingerprint density at radius 2 is 0.850 bits per heavy atom. The van der Waals surface area contributed by atoms with Crippen LogP contribution in [0.2, 0.25) is 0 Å². The molecular weight excluding hydrogens is 620 g/mol. The summed E-state index contributed by atoms with van der Waals surface area (Å²) in [6, 6.07) is 0. The lowest BCUT2D eigenvalue weighted by molar-refractivity contribution is -0.706. The van der Waals surface area contributed by atoms with Crippen LogP contribution in [0.5, 0.6) is 0 Å². The molecule has 2 atom stereocenters. The molecule has 0 saturated heterocycles. The van der Waals surface area contributed by atoms with Gasteiger partial charge >= 0.3 is 15.2 Å². The van der Waals surface area contributed by atoms with Crippen LogP contribution in [0.3, 0.4) is 0 Å². The molecule has 0 radical (unpaired) electrons. The topological polar surface area (TPSA) is 338 Å². The number of unbranched alkanes of at least 4 members (excludes halogenated alkanes) is 3. The molecule has 40 heavy (non-hydrogen) atoms. The largest absolute Gasteiger partial charge is 0.779 e. The summed E-state index contributed by atoms with van der Waals surface area (Å²) in [4.78, 5) is 76.3. The Kier molecular flexibility index (Phi) is 23.4. The van der Waals surface area contributed by atoms with Crippen LogP contribution in [-0.4, -0.2) is 74.9 Å². The van der Waals surface area contributed by atoms with Crippen molar-refractivity contribution in [3.05, 3.63) is 37.4 Å². The van der Waals surface area contributed by atoms with Crippen molar-refractivity contribution in [3.8, 4) is 0 Å². The van der Waals surface area contributed by atoms with E-state index in [0.717, 1.165) is 13.1 Å². The Morgan fingerprint density at radius 1 is 0.550 bits per heavy atom. The Morgan fingerprint density at radius 3 is 1.07 bits per heavy atom. The minimum Gasteiger partial charge on any atom is -0.779 e. The molecule has 2 rings (SSSR count). The van der Waals surface area contributed by atoms with Crippen molar-refractivity contribution in [1.29, 1.82) is 0 Å². The maximum Gasteiger partial charge on any atom is 0.325 e. The zero-order valence-corrected chi connectivity index (χ0v) is 25.3. The fraction of sp³-hybridized carbons (Fsp3) is 0.667. The first-order valence-electron chi connectivity index (χ1n) is 11.5. The fourth-order valence-corrected chi connectivity index (χ4v) is 5.28. The third-order valence-corrected chi connectivity index (χ3v) is 8.13. The SMILES string of the molecule is O.O.O=P(O)(O)CCCCP(=O)(O)O.O=P([O-])(O)CCCCP(=O)([O-])O.c1c[n+](CCCC[n+]2cc[nH]c2)c[nH]1. The highest BCUT2D eigenvalue weighted by molar-refractivity contribution is 7.52. The van der Waals surface area contributed by atoms with Crippen LogP contribution >= 0.6 is 30.4 Å². The van der Waals surface area contributed by atoms with Crippen LogP contribution in [0.15, 0.2) is 37.4 Å². The number of hydrogen-bond acceptors (Lipinski definition) is 6. The first-order chi connectivity index (χ1) is 17.4. The van der Waals surface area contributed by atoms with E-state index >= 15 is 0 Å². The maximum absolute atomic E-state index is 10.3. The molecule has 2 unspecified atom stereocenters. The number of aromatic amines is 2. The molecule has 12 N–H and O–H groups in total. The molecule has 0 aliphatic carbocycles. The fourth-order valence-electron chi connectivity index (χ4n) is 2.77. The first kappa shape index (κ1) is 43.4. The number of imidazole rings is 2. The van der Waals surface area contributed by atoms with Gasteiger partial charge in [0, 0.05) is 24.6 Å². The minimum absolute atomic E-state index is 0.